The van der Waals surface area contributed by atoms with Gasteiger partial charge in [0.2, 0.25) is 0 Å². The summed E-state index contributed by atoms with van der Waals surface area (Å²) in [5.74, 6) is 1.82. The monoisotopic (exact) mass is 198 g/mol. The van der Waals surface area contributed by atoms with Crippen molar-refractivity contribution in [3.05, 3.63) is 0 Å². The van der Waals surface area contributed by atoms with Crippen LogP contribution in [0.15, 0.2) is 0 Å². The Morgan fingerprint density at radius 2 is 2.07 bits per heavy atom. The van der Waals surface area contributed by atoms with Gasteiger partial charge in [0.1, 0.15) is 0 Å². The van der Waals surface area contributed by atoms with E-state index in [1.54, 1.807) is 0 Å². The van der Waals surface area contributed by atoms with Crippen LogP contribution in [0.5, 0.6) is 0 Å². The van der Waals surface area contributed by atoms with E-state index in [0.717, 1.165) is 18.4 Å². The molecular weight excluding hydrogens is 172 g/mol. The quantitative estimate of drug-likeness (QED) is 0.679. The van der Waals surface area contributed by atoms with Crippen molar-refractivity contribution in [2.24, 2.45) is 11.8 Å². The van der Waals surface area contributed by atoms with E-state index in [-0.39, 0.29) is 0 Å². The molecule has 14 heavy (non-hydrogen) atoms. The van der Waals surface area contributed by atoms with Crippen LogP contribution in [0.3, 0.4) is 0 Å². The molecule has 1 saturated heterocycles. The number of hydrogen-bond acceptors (Lipinski definition) is 2. The molecule has 1 aliphatic heterocycles. The van der Waals surface area contributed by atoms with Crippen LogP contribution in [0.1, 0.15) is 33.6 Å². The van der Waals surface area contributed by atoms with Gasteiger partial charge in [-0.1, -0.05) is 20.8 Å². The summed E-state index contributed by atoms with van der Waals surface area (Å²) < 4.78 is 0. The average Bonchev–Trinajstić information content (AvgIpc) is 2.18. The molecule has 1 aliphatic rings. The number of hydrogen-bond donors (Lipinski definition) is 1. The zero-order valence-electron chi connectivity index (χ0n) is 10.1. The predicted octanol–water partition coefficient (Wildman–Crippen LogP) is 1.96. The fourth-order valence-corrected chi connectivity index (χ4v) is 2.16. The smallest absolute Gasteiger partial charge is 0.000958 e. The van der Waals surface area contributed by atoms with E-state index in [9.17, 15) is 0 Å². The molecule has 0 aromatic carbocycles. The molecule has 2 nitrogen and oxygen atoms in total. The normalized spacial score (nSPS) is 29.4. The first-order chi connectivity index (χ1) is 6.74. The lowest BCUT2D eigenvalue weighted by molar-refractivity contribution is 0.137. The van der Waals surface area contributed by atoms with Crippen LogP contribution in [0.2, 0.25) is 0 Å². The third kappa shape index (κ3) is 3.97. The van der Waals surface area contributed by atoms with E-state index in [0.29, 0.717) is 0 Å². The number of rotatable bonds is 5. The second kappa shape index (κ2) is 6.41. The first-order valence-electron chi connectivity index (χ1n) is 6.17. The summed E-state index contributed by atoms with van der Waals surface area (Å²) in [6.45, 7) is 13.1. The molecule has 0 radical (unpaired) electrons. The predicted molar refractivity (Wildman–Crippen MR) is 62.5 cm³/mol. The van der Waals surface area contributed by atoms with E-state index in [4.69, 9.17) is 0 Å². The Hall–Kier alpha value is -0.0800. The summed E-state index contributed by atoms with van der Waals surface area (Å²) in [6, 6.07) is 0. The summed E-state index contributed by atoms with van der Waals surface area (Å²) in [5, 5.41) is 3.38. The second-order valence-electron chi connectivity index (χ2n) is 4.75. The molecule has 0 amide bonds. The van der Waals surface area contributed by atoms with E-state index in [1.807, 2.05) is 0 Å². The van der Waals surface area contributed by atoms with Gasteiger partial charge in [-0.05, 0) is 50.9 Å². The minimum absolute atomic E-state index is 0.892. The molecule has 2 atom stereocenters. The van der Waals surface area contributed by atoms with Gasteiger partial charge in [0.15, 0.2) is 0 Å². The van der Waals surface area contributed by atoms with Gasteiger partial charge in [-0.2, -0.15) is 0 Å². The van der Waals surface area contributed by atoms with Gasteiger partial charge in [-0.3, -0.25) is 0 Å². The summed E-state index contributed by atoms with van der Waals surface area (Å²) in [6.07, 6.45) is 2.69. The summed E-state index contributed by atoms with van der Waals surface area (Å²) in [5.41, 5.74) is 0. The number of nitrogens with one attached hydrogen (secondary N) is 1. The topological polar surface area (TPSA) is 15.3 Å². The van der Waals surface area contributed by atoms with E-state index in [2.05, 4.69) is 31.0 Å². The van der Waals surface area contributed by atoms with E-state index in [1.165, 1.54) is 39.0 Å². The lowest BCUT2D eigenvalue weighted by Crippen LogP contribution is -2.39. The van der Waals surface area contributed by atoms with Crippen LogP contribution in [0.4, 0.5) is 0 Å². The molecule has 1 fully saturated rings. The fraction of sp³-hybridized carbons (Fsp3) is 1.00. The molecule has 0 spiro atoms. The standard InChI is InChI=1S/C12H26N2/c1-4-13-7-5-8-14-9-6-11(2)12(3)10-14/h11-13H,4-10H2,1-3H3. The van der Waals surface area contributed by atoms with Crippen molar-refractivity contribution in [1.82, 2.24) is 10.2 Å². The van der Waals surface area contributed by atoms with Gasteiger partial charge in [-0.25, -0.2) is 0 Å². The molecule has 2 unspecified atom stereocenters. The van der Waals surface area contributed by atoms with Crippen LogP contribution in [0.25, 0.3) is 0 Å². The molecule has 0 aromatic rings. The Bertz CT molecular complexity index is 147. The zero-order chi connectivity index (χ0) is 10.4. The molecule has 84 valence electrons. The second-order valence-corrected chi connectivity index (χ2v) is 4.75. The highest BCUT2D eigenvalue weighted by Gasteiger charge is 2.21. The maximum Gasteiger partial charge on any atom is 0.000958 e. The van der Waals surface area contributed by atoms with Crippen molar-refractivity contribution in [2.75, 3.05) is 32.7 Å². The Morgan fingerprint density at radius 3 is 2.71 bits per heavy atom. The highest BCUT2D eigenvalue weighted by atomic mass is 15.1. The lowest BCUT2D eigenvalue weighted by atomic mass is 9.89. The first-order valence-corrected chi connectivity index (χ1v) is 6.17. The maximum atomic E-state index is 3.38. The van der Waals surface area contributed by atoms with Gasteiger partial charge in [0.05, 0.1) is 0 Å². The minimum Gasteiger partial charge on any atom is -0.317 e. The van der Waals surface area contributed by atoms with E-state index >= 15 is 0 Å². The maximum absolute atomic E-state index is 3.38. The third-order valence-electron chi connectivity index (χ3n) is 3.50. The fourth-order valence-electron chi connectivity index (χ4n) is 2.16. The van der Waals surface area contributed by atoms with Gasteiger partial charge in [0.25, 0.3) is 0 Å². The molecule has 1 heterocycles. The van der Waals surface area contributed by atoms with Gasteiger partial charge in [-0.15, -0.1) is 0 Å². The summed E-state index contributed by atoms with van der Waals surface area (Å²) in [7, 11) is 0. The largest absolute Gasteiger partial charge is 0.317 e. The van der Waals surface area contributed by atoms with Crippen LogP contribution in [-0.2, 0) is 0 Å². The third-order valence-corrected chi connectivity index (χ3v) is 3.50. The Labute approximate surface area is 89.1 Å². The van der Waals surface area contributed by atoms with Gasteiger partial charge < -0.3 is 10.2 Å². The van der Waals surface area contributed by atoms with Crippen LogP contribution < -0.4 is 5.32 Å². The lowest BCUT2D eigenvalue weighted by Gasteiger charge is -2.35. The van der Waals surface area contributed by atoms with Gasteiger partial charge >= 0.3 is 0 Å². The van der Waals surface area contributed by atoms with Crippen molar-refractivity contribution in [2.45, 2.75) is 33.6 Å². The van der Waals surface area contributed by atoms with Crippen molar-refractivity contribution in [1.29, 1.82) is 0 Å². The summed E-state index contributed by atoms with van der Waals surface area (Å²) >= 11 is 0. The molecular formula is C12H26N2. The molecule has 0 saturated carbocycles. The van der Waals surface area contributed by atoms with Crippen LogP contribution >= 0.6 is 0 Å². The van der Waals surface area contributed by atoms with Crippen LogP contribution in [-0.4, -0.2) is 37.6 Å². The van der Waals surface area contributed by atoms with Crippen molar-refractivity contribution in [3.63, 3.8) is 0 Å². The highest BCUT2D eigenvalue weighted by Crippen LogP contribution is 2.22. The highest BCUT2D eigenvalue weighted by molar-refractivity contribution is 4.75. The van der Waals surface area contributed by atoms with Crippen molar-refractivity contribution < 1.29 is 0 Å². The minimum atomic E-state index is 0.892. The zero-order valence-corrected chi connectivity index (χ0v) is 10.1. The molecule has 2 heteroatoms. The van der Waals surface area contributed by atoms with Crippen LogP contribution in [0, 0.1) is 11.8 Å². The number of likely N-dealkylation sites (tertiary alicyclic amines) is 1. The first kappa shape index (κ1) is 12.0. The van der Waals surface area contributed by atoms with Gasteiger partial charge in [0, 0.05) is 6.54 Å². The van der Waals surface area contributed by atoms with Crippen molar-refractivity contribution in [3.8, 4) is 0 Å². The van der Waals surface area contributed by atoms with E-state index < -0.39 is 0 Å². The average molecular weight is 198 g/mol. The van der Waals surface area contributed by atoms with Crippen molar-refractivity contribution >= 4 is 0 Å². The SMILES string of the molecule is CCNCCCN1CCC(C)C(C)C1. The Morgan fingerprint density at radius 1 is 1.29 bits per heavy atom. The Balaban J connectivity index is 2.07. The molecule has 0 bridgehead atoms. The molecule has 0 aliphatic carbocycles. The number of piperidine rings is 1. The summed E-state index contributed by atoms with van der Waals surface area (Å²) in [4.78, 5) is 2.63. The Kier molecular flexibility index (Phi) is 5.49. The molecule has 1 N–H and O–H groups in total. The number of nitrogens with zero attached hydrogens (tertiary/aromatic N) is 1. The molecule has 0 aromatic heterocycles. The molecule has 1 rings (SSSR count).